The summed E-state index contributed by atoms with van der Waals surface area (Å²) in [5.74, 6) is -0.0705. The van der Waals surface area contributed by atoms with Gasteiger partial charge in [-0.3, -0.25) is 9.59 Å². The predicted octanol–water partition coefficient (Wildman–Crippen LogP) is 3.55. The highest BCUT2D eigenvalue weighted by atomic mass is 16.5. The maximum Gasteiger partial charge on any atom is 0.261 e. The highest BCUT2D eigenvalue weighted by Gasteiger charge is 2.53. The molecule has 1 unspecified atom stereocenters. The van der Waals surface area contributed by atoms with Gasteiger partial charge in [0.2, 0.25) is 0 Å². The number of carbonyl (C=O) groups excluding carboxylic acids is 2. The zero-order chi connectivity index (χ0) is 15.6. The van der Waals surface area contributed by atoms with Crippen LogP contribution in [0, 0.1) is 0 Å². The van der Waals surface area contributed by atoms with E-state index >= 15 is 0 Å². The van der Waals surface area contributed by atoms with Crippen LogP contribution >= 0.6 is 0 Å². The Morgan fingerprint density at radius 3 is 2.86 bits per heavy atom. The minimum atomic E-state index is -1.10. The number of nitrogens with one attached hydrogen (secondary N) is 1. The molecule has 4 nitrogen and oxygen atoms in total. The number of hydrogen-bond acceptors (Lipinski definition) is 3. The number of ketones is 1. The number of fused-ring (bicyclic) bond motifs is 2. The normalized spacial score (nSPS) is 27.0. The second-order valence-electron chi connectivity index (χ2n) is 6.34. The lowest BCUT2D eigenvalue weighted by Gasteiger charge is -2.36. The first-order valence-electron chi connectivity index (χ1n) is 8.26. The van der Waals surface area contributed by atoms with E-state index in [0.717, 1.165) is 30.5 Å². The van der Waals surface area contributed by atoms with Crippen molar-refractivity contribution in [3.63, 3.8) is 0 Å². The minimum absolute atomic E-state index is 0.124. The summed E-state index contributed by atoms with van der Waals surface area (Å²) >= 11 is 0. The molecule has 0 radical (unpaired) electrons. The molecule has 4 heteroatoms. The Labute approximate surface area is 131 Å². The summed E-state index contributed by atoms with van der Waals surface area (Å²) in [6.07, 6.45) is 5.88. The van der Waals surface area contributed by atoms with E-state index < -0.39 is 5.60 Å². The highest BCUT2D eigenvalue weighted by Crippen LogP contribution is 2.45. The zero-order valence-electron chi connectivity index (χ0n) is 13.1. The molecule has 2 aliphatic heterocycles. The Balaban J connectivity index is 1.78. The van der Waals surface area contributed by atoms with Gasteiger partial charge in [-0.05, 0) is 12.5 Å². The van der Waals surface area contributed by atoms with Crippen LogP contribution in [0.1, 0.15) is 57.4 Å². The van der Waals surface area contributed by atoms with E-state index in [1.807, 2.05) is 24.3 Å². The average molecular weight is 301 g/mol. The molecule has 1 aromatic rings. The molecule has 1 spiro atoms. The fourth-order valence-electron chi connectivity index (χ4n) is 3.51. The van der Waals surface area contributed by atoms with Crippen molar-refractivity contribution in [1.29, 1.82) is 0 Å². The van der Waals surface area contributed by atoms with Crippen LogP contribution in [0.2, 0.25) is 0 Å². The molecular weight excluding hydrogens is 278 g/mol. The molecule has 1 aromatic carbocycles. The Hall–Kier alpha value is -1.68. The quantitative estimate of drug-likeness (QED) is 0.846. The molecule has 118 valence electrons. The van der Waals surface area contributed by atoms with Gasteiger partial charge in [-0.15, -0.1) is 0 Å². The van der Waals surface area contributed by atoms with Crippen LogP contribution < -0.4 is 5.32 Å². The molecule has 1 saturated heterocycles. The van der Waals surface area contributed by atoms with Crippen molar-refractivity contribution < 1.29 is 14.3 Å². The Bertz CT molecular complexity index is 583. The van der Waals surface area contributed by atoms with Crippen LogP contribution in [0.5, 0.6) is 0 Å². The number of ether oxygens (including phenoxy) is 1. The molecule has 2 aliphatic rings. The van der Waals surface area contributed by atoms with Crippen molar-refractivity contribution in [1.82, 2.24) is 0 Å². The van der Waals surface area contributed by atoms with Gasteiger partial charge in [0, 0.05) is 24.1 Å². The second-order valence-corrected chi connectivity index (χ2v) is 6.34. The van der Waals surface area contributed by atoms with Crippen molar-refractivity contribution in [3.05, 3.63) is 29.8 Å². The number of rotatable bonds is 5. The SMILES string of the molecule is CCCCCC[C@H]1CC(=O)CC2(O1)C(=O)Nc1ccccc12. The van der Waals surface area contributed by atoms with Gasteiger partial charge >= 0.3 is 0 Å². The molecule has 1 N–H and O–H groups in total. The van der Waals surface area contributed by atoms with E-state index in [9.17, 15) is 9.59 Å². The first-order chi connectivity index (χ1) is 10.7. The number of hydrogen-bond donors (Lipinski definition) is 1. The van der Waals surface area contributed by atoms with E-state index in [4.69, 9.17) is 4.74 Å². The summed E-state index contributed by atoms with van der Waals surface area (Å²) < 4.78 is 6.19. The summed E-state index contributed by atoms with van der Waals surface area (Å²) in [4.78, 5) is 24.7. The summed E-state index contributed by atoms with van der Waals surface area (Å²) in [5.41, 5.74) is 0.486. The molecule has 22 heavy (non-hydrogen) atoms. The summed E-state index contributed by atoms with van der Waals surface area (Å²) in [5, 5.41) is 2.86. The molecule has 1 fully saturated rings. The first-order valence-corrected chi connectivity index (χ1v) is 8.26. The number of anilines is 1. The van der Waals surface area contributed by atoms with Gasteiger partial charge in [-0.2, -0.15) is 0 Å². The smallest absolute Gasteiger partial charge is 0.261 e. The lowest BCUT2D eigenvalue weighted by Crippen LogP contribution is -2.47. The number of unbranched alkanes of at least 4 members (excludes halogenated alkanes) is 3. The number of amides is 1. The van der Waals surface area contributed by atoms with Crippen LogP contribution in [0.4, 0.5) is 5.69 Å². The molecule has 2 heterocycles. The highest BCUT2D eigenvalue weighted by molar-refractivity contribution is 6.07. The molecule has 0 aliphatic carbocycles. The topological polar surface area (TPSA) is 55.4 Å². The fraction of sp³-hybridized carbons (Fsp3) is 0.556. The lowest BCUT2D eigenvalue weighted by molar-refractivity contribution is -0.170. The van der Waals surface area contributed by atoms with Crippen molar-refractivity contribution in [2.45, 2.75) is 63.6 Å². The van der Waals surface area contributed by atoms with Gasteiger partial charge < -0.3 is 10.1 Å². The van der Waals surface area contributed by atoms with Crippen molar-refractivity contribution in [2.24, 2.45) is 0 Å². The zero-order valence-corrected chi connectivity index (χ0v) is 13.1. The third-order valence-electron chi connectivity index (χ3n) is 4.63. The summed E-state index contributed by atoms with van der Waals surface area (Å²) in [6, 6.07) is 7.52. The average Bonchev–Trinajstić information content (AvgIpc) is 2.76. The summed E-state index contributed by atoms with van der Waals surface area (Å²) in [6.45, 7) is 2.18. The van der Waals surface area contributed by atoms with Crippen LogP contribution in [-0.2, 0) is 19.9 Å². The van der Waals surface area contributed by atoms with Crippen LogP contribution in [-0.4, -0.2) is 17.8 Å². The van der Waals surface area contributed by atoms with Crippen LogP contribution in [0.3, 0.4) is 0 Å². The van der Waals surface area contributed by atoms with Crippen molar-refractivity contribution >= 4 is 17.4 Å². The van der Waals surface area contributed by atoms with Crippen LogP contribution in [0.25, 0.3) is 0 Å². The first kappa shape index (κ1) is 15.2. The lowest BCUT2D eigenvalue weighted by atomic mass is 9.84. The van der Waals surface area contributed by atoms with E-state index in [1.165, 1.54) is 12.8 Å². The Kier molecular flexibility index (Phi) is 4.30. The Morgan fingerprint density at radius 2 is 2.05 bits per heavy atom. The number of Topliss-reactive ketones (excluding diaryl/α,β-unsaturated/α-hetero) is 1. The largest absolute Gasteiger partial charge is 0.356 e. The third kappa shape index (κ3) is 2.68. The molecule has 2 atom stereocenters. The van der Waals surface area contributed by atoms with Crippen LogP contribution in [0.15, 0.2) is 24.3 Å². The number of para-hydroxylation sites is 1. The standard InChI is InChI=1S/C18H23NO3/c1-2-3-4-5-8-14-11-13(20)12-18(22-14)15-9-6-7-10-16(15)19-17(18)21/h6-7,9-10,14H,2-5,8,11-12H2,1H3,(H,19,21)/t14-,18?/m0/s1. The van der Waals surface area contributed by atoms with E-state index in [0.29, 0.717) is 6.42 Å². The molecule has 0 saturated carbocycles. The van der Waals surface area contributed by atoms with Gasteiger partial charge in [0.25, 0.3) is 5.91 Å². The predicted molar refractivity (Wildman–Crippen MR) is 84.6 cm³/mol. The fourth-order valence-corrected chi connectivity index (χ4v) is 3.51. The number of benzene rings is 1. The van der Waals surface area contributed by atoms with Gasteiger partial charge in [0.15, 0.2) is 5.60 Å². The molecule has 0 aromatic heterocycles. The third-order valence-corrected chi connectivity index (χ3v) is 4.63. The Morgan fingerprint density at radius 1 is 1.23 bits per heavy atom. The van der Waals surface area contributed by atoms with E-state index in [-0.39, 0.29) is 24.2 Å². The molecule has 3 rings (SSSR count). The monoisotopic (exact) mass is 301 g/mol. The van der Waals surface area contributed by atoms with Gasteiger partial charge in [0.1, 0.15) is 5.78 Å². The van der Waals surface area contributed by atoms with Crippen molar-refractivity contribution in [2.75, 3.05) is 5.32 Å². The summed E-state index contributed by atoms with van der Waals surface area (Å²) in [7, 11) is 0. The van der Waals surface area contributed by atoms with E-state index in [1.54, 1.807) is 0 Å². The molecular formula is C18H23NO3. The molecule has 0 bridgehead atoms. The van der Waals surface area contributed by atoms with Crippen molar-refractivity contribution in [3.8, 4) is 0 Å². The van der Waals surface area contributed by atoms with Gasteiger partial charge in [-0.25, -0.2) is 0 Å². The van der Waals surface area contributed by atoms with E-state index in [2.05, 4.69) is 12.2 Å². The second kappa shape index (κ2) is 6.21. The maximum absolute atomic E-state index is 12.5. The van der Waals surface area contributed by atoms with Gasteiger partial charge in [-0.1, -0.05) is 50.8 Å². The number of carbonyl (C=O) groups is 2. The minimum Gasteiger partial charge on any atom is -0.356 e. The molecule has 1 amide bonds. The van der Waals surface area contributed by atoms with Gasteiger partial charge in [0.05, 0.1) is 6.10 Å². The maximum atomic E-state index is 12.5.